The van der Waals surface area contributed by atoms with Crippen LogP contribution >= 0.6 is 27.3 Å². The Morgan fingerprint density at radius 1 is 1.19 bits per heavy atom. The lowest BCUT2D eigenvalue weighted by Gasteiger charge is -2.22. The van der Waals surface area contributed by atoms with E-state index in [2.05, 4.69) is 33.1 Å². The number of aromatic nitrogens is 2. The van der Waals surface area contributed by atoms with Gasteiger partial charge in [0.05, 0.1) is 16.7 Å². The maximum atomic E-state index is 11.4. The molecule has 0 amide bonds. The lowest BCUT2D eigenvalue weighted by atomic mass is 9.93. The number of halogens is 1. The second kappa shape index (κ2) is 7.82. The Hall–Kier alpha value is -3.05. The number of hydrogen-bond acceptors (Lipinski definition) is 9. The fraction of sp³-hybridized carbons (Fsp3) is 0.286. The van der Waals surface area contributed by atoms with Crippen LogP contribution in [0.2, 0.25) is 0 Å². The highest BCUT2D eigenvalue weighted by atomic mass is 79.9. The molecule has 2 aromatic carbocycles. The Morgan fingerprint density at radius 3 is 2.62 bits per heavy atom. The van der Waals surface area contributed by atoms with Crippen molar-refractivity contribution in [1.29, 1.82) is 0 Å². The smallest absolute Gasteiger partial charge is 0.273 e. The van der Waals surface area contributed by atoms with E-state index in [-0.39, 0.29) is 23.4 Å². The summed E-state index contributed by atoms with van der Waals surface area (Å²) < 4.78 is 11.8. The topological polar surface area (TPSA) is 103 Å². The number of aryl methyl sites for hydroxylation is 1. The Morgan fingerprint density at radius 2 is 1.94 bits per heavy atom. The molecule has 164 valence electrons. The van der Waals surface area contributed by atoms with E-state index >= 15 is 0 Å². The number of anilines is 1. The minimum absolute atomic E-state index is 0.00288. The molecule has 0 aliphatic carbocycles. The minimum Gasteiger partial charge on any atom is -0.454 e. The molecule has 0 bridgehead atoms. The molecule has 2 aliphatic rings. The molecular weight excluding hydrogens is 498 g/mol. The Labute approximate surface area is 196 Å². The van der Waals surface area contributed by atoms with E-state index < -0.39 is 0 Å². The molecule has 0 N–H and O–H groups in total. The van der Waals surface area contributed by atoms with E-state index in [9.17, 15) is 10.1 Å². The van der Waals surface area contributed by atoms with E-state index in [0.29, 0.717) is 38.8 Å². The van der Waals surface area contributed by atoms with Crippen LogP contribution in [0.15, 0.2) is 33.8 Å². The standard InChI is InChI=1S/C21H18BrN5O4S/c1-10-6-13-7-17-18(31-9-30-17)8-15(13)20(25-26(10)21-24-23-12(3)32-21)14-4-5-16(27(28)29)11(2)19(14)22/h4-5,7-8,10H,6,9H2,1-3H3/t10-/m1/s1. The summed E-state index contributed by atoms with van der Waals surface area (Å²) in [6.07, 6.45) is 0.696. The van der Waals surface area contributed by atoms with Crippen molar-refractivity contribution in [2.75, 3.05) is 11.8 Å². The molecule has 3 aromatic rings. The van der Waals surface area contributed by atoms with E-state index in [1.165, 1.54) is 17.4 Å². The molecule has 0 spiro atoms. The third-order valence-corrected chi connectivity index (χ3v) is 7.37. The lowest BCUT2D eigenvalue weighted by molar-refractivity contribution is -0.385. The average Bonchev–Trinajstić information content (AvgIpc) is 3.35. The maximum absolute atomic E-state index is 11.4. The fourth-order valence-electron chi connectivity index (χ4n) is 3.90. The van der Waals surface area contributed by atoms with Crippen molar-refractivity contribution in [3.8, 4) is 11.5 Å². The number of nitrogens with zero attached hydrogens (tertiary/aromatic N) is 5. The van der Waals surface area contributed by atoms with Gasteiger partial charge in [0.25, 0.3) is 5.69 Å². The van der Waals surface area contributed by atoms with Crippen LogP contribution in [-0.4, -0.2) is 33.7 Å². The Bertz CT molecular complexity index is 1290. The van der Waals surface area contributed by atoms with Crippen molar-refractivity contribution in [3.63, 3.8) is 0 Å². The van der Waals surface area contributed by atoms with Crippen LogP contribution in [0, 0.1) is 24.0 Å². The number of hydrogen-bond donors (Lipinski definition) is 0. The monoisotopic (exact) mass is 515 g/mol. The number of nitro groups is 1. The van der Waals surface area contributed by atoms with Crippen LogP contribution in [0.1, 0.15) is 34.2 Å². The predicted octanol–water partition coefficient (Wildman–Crippen LogP) is 4.76. The fourth-order valence-corrected chi connectivity index (χ4v) is 5.17. The highest BCUT2D eigenvalue weighted by molar-refractivity contribution is 9.10. The van der Waals surface area contributed by atoms with Gasteiger partial charge in [-0.05, 0) is 66.9 Å². The molecular formula is C21H18BrN5O4S. The molecule has 0 unspecified atom stereocenters. The zero-order valence-electron chi connectivity index (χ0n) is 17.5. The third-order valence-electron chi connectivity index (χ3n) is 5.52. The largest absolute Gasteiger partial charge is 0.454 e. The normalized spacial score (nSPS) is 17.1. The minimum atomic E-state index is -0.386. The molecule has 32 heavy (non-hydrogen) atoms. The van der Waals surface area contributed by atoms with Crippen molar-refractivity contribution in [3.05, 3.63) is 66.1 Å². The summed E-state index contributed by atoms with van der Waals surface area (Å²) in [6, 6.07) is 7.16. The SMILES string of the molecule is Cc1nnc(N2N=C(c3ccc([N+](=O)[O-])c(C)c3Br)c3cc4c(cc3C[C@H]2C)OCO4)s1. The van der Waals surface area contributed by atoms with Crippen molar-refractivity contribution < 1.29 is 14.4 Å². The molecule has 0 radical (unpaired) electrons. The van der Waals surface area contributed by atoms with Gasteiger partial charge in [-0.1, -0.05) is 11.3 Å². The van der Waals surface area contributed by atoms with Crippen LogP contribution in [0.5, 0.6) is 11.5 Å². The van der Waals surface area contributed by atoms with E-state index in [4.69, 9.17) is 14.6 Å². The number of rotatable bonds is 3. The maximum Gasteiger partial charge on any atom is 0.273 e. The average molecular weight is 516 g/mol. The molecule has 0 saturated heterocycles. The van der Waals surface area contributed by atoms with Gasteiger partial charge in [-0.3, -0.25) is 10.1 Å². The van der Waals surface area contributed by atoms with Gasteiger partial charge in [-0.15, -0.1) is 10.2 Å². The predicted molar refractivity (Wildman–Crippen MR) is 124 cm³/mol. The summed E-state index contributed by atoms with van der Waals surface area (Å²) in [5, 5.41) is 28.3. The third kappa shape index (κ3) is 3.41. The number of ether oxygens (including phenoxy) is 2. The van der Waals surface area contributed by atoms with Gasteiger partial charge >= 0.3 is 0 Å². The first kappa shape index (κ1) is 20.8. The van der Waals surface area contributed by atoms with Crippen LogP contribution < -0.4 is 14.5 Å². The van der Waals surface area contributed by atoms with E-state index in [1.807, 2.05) is 24.1 Å². The van der Waals surface area contributed by atoms with E-state index in [1.54, 1.807) is 13.0 Å². The van der Waals surface area contributed by atoms with Crippen LogP contribution in [0.4, 0.5) is 10.8 Å². The first-order valence-corrected chi connectivity index (χ1v) is 11.5. The number of benzene rings is 2. The Balaban J connectivity index is 1.75. The second-order valence-corrected chi connectivity index (χ2v) is 9.59. The summed E-state index contributed by atoms with van der Waals surface area (Å²) in [6.45, 7) is 5.88. The van der Waals surface area contributed by atoms with Crippen LogP contribution in [-0.2, 0) is 6.42 Å². The first-order chi connectivity index (χ1) is 15.3. The molecule has 2 aliphatic heterocycles. The molecule has 1 aromatic heterocycles. The molecule has 5 rings (SSSR count). The van der Waals surface area contributed by atoms with Gasteiger partial charge in [0, 0.05) is 27.2 Å². The molecule has 3 heterocycles. The van der Waals surface area contributed by atoms with Crippen molar-refractivity contribution >= 4 is 43.8 Å². The van der Waals surface area contributed by atoms with Crippen molar-refractivity contribution in [2.24, 2.45) is 5.10 Å². The van der Waals surface area contributed by atoms with Gasteiger partial charge in [0.2, 0.25) is 11.9 Å². The number of hydrazone groups is 1. The number of nitro benzene ring substituents is 1. The summed E-state index contributed by atoms with van der Waals surface area (Å²) in [4.78, 5) is 11.0. The lowest BCUT2D eigenvalue weighted by Crippen LogP contribution is -2.29. The first-order valence-electron chi connectivity index (χ1n) is 9.88. The quantitative estimate of drug-likeness (QED) is 0.365. The van der Waals surface area contributed by atoms with Gasteiger partial charge in [0.1, 0.15) is 5.01 Å². The van der Waals surface area contributed by atoms with Gasteiger partial charge < -0.3 is 9.47 Å². The van der Waals surface area contributed by atoms with Gasteiger partial charge in [0.15, 0.2) is 11.5 Å². The summed E-state index contributed by atoms with van der Waals surface area (Å²) in [7, 11) is 0. The second-order valence-electron chi connectivity index (χ2n) is 7.64. The highest BCUT2D eigenvalue weighted by Gasteiger charge is 2.30. The number of fused-ring (bicyclic) bond motifs is 2. The molecule has 0 fully saturated rings. The van der Waals surface area contributed by atoms with Gasteiger partial charge in [-0.2, -0.15) is 5.10 Å². The zero-order chi connectivity index (χ0) is 22.6. The van der Waals surface area contributed by atoms with Crippen LogP contribution in [0.3, 0.4) is 0 Å². The summed E-state index contributed by atoms with van der Waals surface area (Å²) in [5.74, 6) is 1.36. The van der Waals surface area contributed by atoms with Crippen molar-refractivity contribution in [2.45, 2.75) is 33.2 Å². The molecule has 1 atom stereocenters. The molecule has 9 nitrogen and oxygen atoms in total. The molecule has 11 heteroatoms. The van der Waals surface area contributed by atoms with E-state index in [0.717, 1.165) is 21.7 Å². The van der Waals surface area contributed by atoms with Crippen LogP contribution in [0.25, 0.3) is 0 Å². The molecule has 0 saturated carbocycles. The summed E-state index contributed by atoms with van der Waals surface area (Å²) >= 11 is 5.05. The zero-order valence-corrected chi connectivity index (χ0v) is 19.9. The summed E-state index contributed by atoms with van der Waals surface area (Å²) in [5.41, 5.74) is 3.93. The van der Waals surface area contributed by atoms with Gasteiger partial charge in [-0.25, -0.2) is 5.01 Å². The van der Waals surface area contributed by atoms with Crippen molar-refractivity contribution in [1.82, 2.24) is 10.2 Å². The highest BCUT2D eigenvalue weighted by Crippen LogP contribution is 2.40. The Kier molecular flexibility index (Phi) is 5.09.